The lowest BCUT2D eigenvalue weighted by molar-refractivity contribution is -0.136. The molecule has 28 heavy (non-hydrogen) atoms. The van der Waals surface area contributed by atoms with Gasteiger partial charge in [-0.15, -0.1) is 0 Å². The van der Waals surface area contributed by atoms with Gasteiger partial charge >= 0.3 is 0 Å². The molecule has 1 amide bonds. The fraction of sp³-hybridized carbons (Fsp3) is 0.636. The van der Waals surface area contributed by atoms with Crippen molar-refractivity contribution in [3.8, 4) is 0 Å². The summed E-state index contributed by atoms with van der Waals surface area (Å²) in [6, 6.07) is 4.33. The Bertz CT molecular complexity index is 839. The Labute approximate surface area is 166 Å². The SMILES string of the molecule is CC(C)n1cnc([C@@H]2CN(Cc3ccco3)C[C@@]23CCN(CC2CC2)C3=O)c1. The van der Waals surface area contributed by atoms with Gasteiger partial charge in [0.2, 0.25) is 5.91 Å². The molecule has 3 fully saturated rings. The summed E-state index contributed by atoms with van der Waals surface area (Å²) in [6.07, 6.45) is 9.30. The van der Waals surface area contributed by atoms with Crippen LogP contribution in [0.15, 0.2) is 35.3 Å². The largest absolute Gasteiger partial charge is 0.468 e. The predicted octanol–water partition coefficient (Wildman–Crippen LogP) is 3.29. The van der Waals surface area contributed by atoms with Crippen LogP contribution in [0.2, 0.25) is 0 Å². The average Bonchev–Trinajstić information content (AvgIpc) is 3.09. The minimum absolute atomic E-state index is 0.152. The Hall–Kier alpha value is -2.08. The minimum atomic E-state index is -0.336. The molecule has 0 aromatic carbocycles. The van der Waals surface area contributed by atoms with Gasteiger partial charge in [0.15, 0.2) is 0 Å². The van der Waals surface area contributed by atoms with Gasteiger partial charge in [0.25, 0.3) is 0 Å². The third-order valence-electron chi connectivity index (χ3n) is 6.86. The van der Waals surface area contributed by atoms with E-state index in [1.54, 1.807) is 6.26 Å². The van der Waals surface area contributed by atoms with Crippen molar-refractivity contribution in [3.63, 3.8) is 0 Å². The van der Waals surface area contributed by atoms with Gasteiger partial charge in [0.1, 0.15) is 5.76 Å². The first-order valence-corrected chi connectivity index (χ1v) is 10.6. The van der Waals surface area contributed by atoms with Gasteiger partial charge in [-0.1, -0.05) is 0 Å². The summed E-state index contributed by atoms with van der Waals surface area (Å²) >= 11 is 0. The smallest absolute Gasteiger partial charge is 0.230 e. The molecule has 6 nitrogen and oxygen atoms in total. The molecule has 4 heterocycles. The lowest BCUT2D eigenvalue weighted by Crippen LogP contribution is -2.40. The molecule has 150 valence electrons. The molecule has 2 aliphatic heterocycles. The monoisotopic (exact) mass is 382 g/mol. The molecule has 0 unspecified atom stereocenters. The van der Waals surface area contributed by atoms with E-state index in [0.717, 1.165) is 56.5 Å². The molecule has 0 bridgehead atoms. The fourth-order valence-electron chi connectivity index (χ4n) is 5.06. The third kappa shape index (κ3) is 3.08. The van der Waals surface area contributed by atoms with E-state index in [4.69, 9.17) is 9.40 Å². The fourth-order valence-corrected chi connectivity index (χ4v) is 5.06. The Balaban J connectivity index is 1.43. The molecular formula is C22H30N4O2. The van der Waals surface area contributed by atoms with Crippen molar-refractivity contribution in [2.24, 2.45) is 11.3 Å². The summed E-state index contributed by atoms with van der Waals surface area (Å²) in [6.45, 7) is 8.59. The number of imidazole rings is 1. The molecule has 0 N–H and O–H groups in total. The molecule has 2 atom stereocenters. The lowest BCUT2D eigenvalue weighted by Gasteiger charge is -2.28. The van der Waals surface area contributed by atoms with E-state index < -0.39 is 0 Å². The van der Waals surface area contributed by atoms with E-state index in [9.17, 15) is 4.79 Å². The van der Waals surface area contributed by atoms with E-state index in [0.29, 0.717) is 11.9 Å². The molecular weight excluding hydrogens is 352 g/mol. The van der Waals surface area contributed by atoms with Crippen LogP contribution in [0.1, 0.15) is 56.5 Å². The van der Waals surface area contributed by atoms with Gasteiger partial charge in [0, 0.05) is 44.3 Å². The summed E-state index contributed by atoms with van der Waals surface area (Å²) in [5.74, 6) is 2.20. The van der Waals surface area contributed by atoms with Gasteiger partial charge in [-0.05, 0) is 51.2 Å². The van der Waals surface area contributed by atoms with Crippen LogP contribution >= 0.6 is 0 Å². The average molecular weight is 383 g/mol. The second-order valence-electron chi connectivity index (χ2n) is 9.24. The van der Waals surface area contributed by atoms with Gasteiger partial charge < -0.3 is 13.9 Å². The number of carbonyl (C=O) groups is 1. The van der Waals surface area contributed by atoms with E-state index >= 15 is 0 Å². The number of nitrogens with zero attached hydrogens (tertiary/aromatic N) is 4. The highest BCUT2D eigenvalue weighted by atomic mass is 16.3. The number of amides is 1. The highest BCUT2D eigenvalue weighted by molar-refractivity contribution is 5.86. The standard InChI is InChI=1S/C22H30N4O2/c1-16(2)26-13-20(23-15-26)19-12-24(11-18-4-3-9-28-18)14-22(19)7-8-25(21(22)27)10-17-5-6-17/h3-4,9,13,15-17,19H,5-8,10-12,14H2,1-2H3/t19-,22-/m0/s1. The minimum Gasteiger partial charge on any atom is -0.468 e. The molecule has 0 radical (unpaired) electrons. The number of carbonyl (C=O) groups excluding carboxylic acids is 1. The van der Waals surface area contributed by atoms with E-state index in [2.05, 4.69) is 34.4 Å². The first-order valence-electron chi connectivity index (χ1n) is 10.6. The van der Waals surface area contributed by atoms with Crippen molar-refractivity contribution in [2.45, 2.75) is 51.6 Å². The van der Waals surface area contributed by atoms with Crippen molar-refractivity contribution in [3.05, 3.63) is 42.4 Å². The summed E-state index contributed by atoms with van der Waals surface area (Å²) in [5, 5.41) is 0. The first kappa shape index (κ1) is 18.0. The van der Waals surface area contributed by atoms with Crippen LogP contribution in [-0.2, 0) is 11.3 Å². The van der Waals surface area contributed by atoms with Crippen LogP contribution in [0.4, 0.5) is 0 Å². The molecule has 1 spiro atoms. The predicted molar refractivity (Wildman–Crippen MR) is 106 cm³/mol. The van der Waals surface area contributed by atoms with Crippen LogP contribution in [0.5, 0.6) is 0 Å². The Kier molecular flexibility index (Phi) is 4.34. The van der Waals surface area contributed by atoms with Crippen molar-refractivity contribution in [2.75, 3.05) is 26.2 Å². The van der Waals surface area contributed by atoms with Crippen molar-refractivity contribution in [1.29, 1.82) is 0 Å². The zero-order chi connectivity index (χ0) is 19.3. The second kappa shape index (κ2) is 6.76. The van der Waals surface area contributed by atoms with Gasteiger partial charge in [-0.2, -0.15) is 0 Å². The number of hydrogen-bond acceptors (Lipinski definition) is 4. The number of aromatic nitrogens is 2. The molecule has 1 aliphatic carbocycles. The Morgan fingerprint density at radius 3 is 2.89 bits per heavy atom. The van der Waals surface area contributed by atoms with Crippen molar-refractivity contribution >= 4 is 5.91 Å². The third-order valence-corrected chi connectivity index (χ3v) is 6.86. The zero-order valence-corrected chi connectivity index (χ0v) is 16.9. The maximum absolute atomic E-state index is 13.6. The van der Waals surface area contributed by atoms with Crippen LogP contribution in [0.3, 0.4) is 0 Å². The van der Waals surface area contributed by atoms with Crippen LogP contribution < -0.4 is 0 Å². The maximum Gasteiger partial charge on any atom is 0.230 e. The number of hydrogen-bond donors (Lipinski definition) is 0. The first-order chi connectivity index (χ1) is 13.5. The molecule has 2 saturated heterocycles. The summed E-state index contributed by atoms with van der Waals surface area (Å²) in [5.41, 5.74) is 0.731. The number of furan rings is 1. The van der Waals surface area contributed by atoms with E-state index in [1.807, 2.05) is 18.5 Å². The van der Waals surface area contributed by atoms with Crippen molar-refractivity contribution < 1.29 is 9.21 Å². The summed E-state index contributed by atoms with van der Waals surface area (Å²) < 4.78 is 7.73. The van der Waals surface area contributed by atoms with E-state index in [-0.39, 0.29) is 11.3 Å². The highest BCUT2D eigenvalue weighted by Crippen LogP contribution is 2.50. The highest BCUT2D eigenvalue weighted by Gasteiger charge is 2.58. The number of likely N-dealkylation sites (tertiary alicyclic amines) is 2. The Morgan fingerprint density at radius 2 is 2.21 bits per heavy atom. The molecule has 3 aliphatic rings. The quantitative estimate of drug-likeness (QED) is 0.769. The molecule has 1 saturated carbocycles. The van der Waals surface area contributed by atoms with Gasteiger partial charge in [-0.25, -0.2) is 4.98 Å². The molecule has 6 heteroatoms. The molecule has 2 aromatic rings. The van der Waals surface area contributed by atoms with Gasteiger partial charge in [0.05, 0.1) is 30.2 Å². The second-order valence-corrected chi connectivity index (χ2v) is 9.24. The molecule has 5 rings (SSSR count). The Morgan fingerprint density at radius 1 is 1.36 bits per heavy atom. The summed E-state index contributed by atoms with van der Waals surface area (Å²) in [4.78, 5) is 22.9. The van der Waals surface area contributed by atoms with Gasteiger partial charge in [-0.3, -0.25) is 9.69 Å². The zero-order valence-electron chi connectivity index (χ0n) is 16.9. The van der Waals surface area contributed by atoms with E-state index in [1.165, 1.54) is 12.8 Å². The van der Waals surface area contributed by atoms with Crippen LogP contribution in [0.25, 0.3) is 0 Å². The van der Waals surface area contributed by atoms with Crippen LogP contribution in [0, 0.1) is 11.3 Å². The normalized spacial score (nSPS) is 28.3. The number of rotatable bonds is 6. The summed E-state index contributed by atoms with van der Waals surface area (Å²) in [7, 11) is 0. The maximum atomic E-state index is 13.6. The topological polar surface area (TPSA) is 54.5 Å². The lowest BCUT2D eigenvalue weighted by atomic mass is 9.75. The van der Waals surface area contributed by atoms with Crippen molar-refractivity contribution in [1.82, 2.24) is 19.4 Å². The van der Waals surface area contributed by atoms with Crippen LogP contribution in [-0.4, -0.2) is 51.4 Å². The molecule has 2 aromatic heterocycles.